The summed E-state index contributed by atoms with van der Waals surface area (Å²) in [5, 5.41) is 4.75. The molecular weight excluding hydrogens is 414 g/mol. The molecule has 0 amide bonds. The topological polar surface area (TPSA) is 102 Å². The second-order valence-corrected chi connectivity index (χ2v) is 9.96. The largest absolute Gasteiger partial charge is 0.348 e. The number of aromatic nitrogens is 4. The van der Waals surface area contributed by atoms with E-state index in [0.29, 0.717) is 10.2 Å². The maximum absolute atomic E-state index is 13.1. The van der Waals surface area contributed by atoms with Gasteiger partial charge in [0, 0.05) is 11.8 Å². The van der Waals surface area contributed by atoms with Crippen molar-refractivity contribution in [1.29, 1.82) is 0 Å². The standard InChI is InChI=1S/C22H23N5O3S/c1-14(2)16-13-19-18(21(28)27(22(29)24-19)25-31(3,4)30)12-17(16)20-10-11-23-26(20)15-8-6-5-7-9-15/h5-14H,3H2,1-2,4H3,(H,24,29)(H,25,30). The van der Waals surface area contributed by atoms with Crippen LogP contribution in [-0.4, -0.2) is 35.8 Å². The molecular formula is C22H23N5O3S. The van der Waals surface area contributed by atoms with Gasteiger partial charge < -0.3 is 4.98 Å². The zero-order valence-electron chi connectivity index (χ0n) is 17.5. The Morgan fingerprint density at radius 2 is 1.84 bits per heavy atom. The normalized spacial score (nSPS) is 13.4. The van der Waals surface area contributed by atoms with E-state index in [1.165, 1.54) is 6.26 Å². The number of rotatable bonds is 5. The van der Waals surface area contributed by atoms with Crippen LogP contribution in [0.3, 0.4) is 0 Å². The molecule has 4 rings (SSSR count). The molecule has 1 atom stereocenters. The molecule has 4 aromatic rings. The van der Waals surface area contributed by atoms with E-state index in [9.17, 15) is 13.8 Å². The Labute approximate surface area is 179 Å². The van der Waals surface area contributed by atoms with E-state index in [2.05, 4.69) is 20.8 Å². The first kappa shape index (κ1) is 20.7. The minimum atomic E-state index is -2.83. The van der Waals surface area contributed by atoms with Crippen LogP contribution in [0.4, 0.5) is 0 Å². The van der Waals surface area contributed by atoms with Gasteiger partial charge >= 0.3 is 5.69 Å². The summed E-state index contributed by atoms with van der Waals surface area (Å²) in [7, 11) is -2.83. The molecule has 0 aliphatic rings. The molecule has 0 radical (unpaired) electrons. The lowest BCUT2D eigenvalue weighted by Gasteiger charge is -2.17. The van der Waals surface area contributed by atoms with Gasteiger partial charge in [0.25, 0.3) is 5.56 Å². The first-order chi connectivity index (χ1) is 14.7. The van der Waals surface area contributed by atoms with Gasteiger partial charge in [-0.1, -0.05) is 32.0 Å². The molecule has 2 aromatic heterocycles. The summed E-state index contributed by atoms with van der Waals surface area (Å²) >= 11 is 0. The Bertz CT molecular complexity index is 1500. The second kappa shape index (κ2) is 7.59. The van der Waals surface area contributed by atoms with Crippen LogP contribution in [0.5, 0.6) is 0 Å². The van der Waals surface area contributed by atoms with Crippen LogP contribution in [0.15, 0.2) is 64.3 Å². The van der Waals surface area contributed by atoms with E-state index in [-0.39, 0.29) is 11.3 Å². The van der Waals surface area contributed by atoms with Gasteiger partial charge in [-0.3, -0.25) is 4.79 Å². The Kier molecular flexibility index (Phi) is 5.06. The Morgan fingerprint density at radius 1 is 1.13 bits per heavy atom. The van der Waals surface area contributed by atoms with Crippen LogP contribution in [0.25, 0.3) is 27.8 Å². The van der Waals surface area contributed by atoms with E-state index >= 15 is 0 Å². The number of H-pyrrole nitrogens is 1. The number of hydrogen-bond acceptors (Lipinski definition) is 4. The second-order valence-electron chi connectivity index (χ2n) is 7.77. The molecule has 31 heavy (non-hydrogen) atoms. The third-order valence-corrected chi connectivity index (χ3v) is 5.46. The fourth-order valence-electron chi connectivity index (χ4n) is 3.54. The molecule has 0 aliphatic carbocycles. The van der Waals surface area contributed by atoms with Gasteiger partial charge in [-0.05, 0) is 47.7 Å². The number of fused-ring (bicyclic) bond motifs is 1. The van der Waals surface area contributed by atoms with E-state index in [0.717, 1.165) is 22.5 Å². The Morgan fingerprint density at radius 3 is 2.48 bits per heavy atom. The van der Waals surface area contributed by atoms with Crippen molar-refractivity contribution in [3.05, 3.63) is 81.1 Å². The predicted octanol–water partition coefficient (Wildman–Crippen LogP) is 2.47. The van der Waals surface area contributed by atoms with Crippen LogP contribution >= 0.6 is 0 Å². The van der Waals surface area contributed by atoms with Gasteiger partial charge in [-0.25, -0.2) is 18.5 Å². The summed E-state index contributed by atoms with van der Waals surface area (Å²) in [6.45, 7) is 4.09. The average molecular weight is 438 g/mol. The first-order valence-electron chi connectivity index (χ1n) is 9.68. The zero-order chi connectivity index (χ0) is 22.3. The monoisotopic (exact) mass is 437 g/mol. The summed E-state index contributed by atoms with van der Waals surface area (Å²) in [5.41, 5.74) is 2.61. The van der Waals surface area contributed by atoms with E-state index in [1.54, 1.807) is 12.3 Å². The molecule has 0 spiro atoms. The number of benzene rings is 2. The number of aromatic amines is 1. The fourth-order valence-corrected chi connectivity index (χ4v) is 4.09. The van der Waals surface area contributed by atoms with Gasteiger partial charge in [0.15, 0.2) is 0 Å². The third kappa shape index (κ3) is 3.91. The molecule has 0 saturated heterocycles. The van der Waals surface area contributed by atoms with E-state index in [4.69, 9.17) is 0 Å². The van der Waals surface area contributed by atoms with Crippen LogP contribution in [-0.2, 0) is 9.71 Å². The highest BCUT2D eigenvalue weighted by Gasteiger charge is 2.18. The van der Waals surface area contributed by atoms with Gasteiger partial charge in [-0.2, -0.15) is 9.77 Å². The van der Waals surface area contributed by atoms with Crippen molar-refractivity contribution in [1.82, 2.24) is 19.4 Å². The van der Waals surface area contributed by atoms with Crippen LogP contribution < -0.4 is 16.1 Å². The number of hydrogen-bond donors (Lipinski definition) is 2. The molecule has 2 N–H and O–H groups in total. The quantitative estimate of drug-likeness (QED) is 0.468. The molecule has 0 aliphatic heterocycles. The average Bonchev–Trinajstić information content (AvgIpc) is 3.20. The molecule has 160 valence electrons. The van der Waals surface area contributed by atoms with Gasteiger partial charge in [0.05, 0.1) is 38.2 Å². The first-order valence-corrected chi connectivity index (χ1v) is 11.8. The Hall–Kier alpha value is -3.59. The number of para-hydroxylation sites is 1. The third-order valence-electron chi connectivity index (χ3n) is 4.89. The summed E-state index contributed by atoms with van der Waals surface area (Å²) in [4.78, 5) is 30.6. The van der Waals surface area contributed by atoms with Crippen molar-refractivity contribution in [2.45, 2.75) is 19.8 Å². The van der Waals surface area contributed by atoms with Crippen molar-refractivity contribution >= 4 is 26.5 Å². The Balaban J connectivity index is 2.03. The zero-order valence-corrected chi connectivity index (χ0v) is 18.3. The van der Waals surface area contributed by atoms with Crippen molar-refractivity contribution in [2.75, 3.05) is 11.1 Å². The van der Waals surface area contributed by atoms with Gasteiger partial charge in [0.2, 0.25) is 0 Å². The summed E-state index contributed by atoms with van der Waals surface area (Å²) in [5.74, 6) is 3.58. The molecule has 9 heteroatoms. The summed E-state index contributed by atoms with van der Waals surface area (Å²) in [6, 6.07) is 15.2. The lowest BCUT2D eigenvalue weighted by molar-refractivity contribution is 0.681. The minimum Gasteiger partial charge on any atom is -0.305 e. The number of nitrogens with zero attached hydrogens (tertiary/aromatic N) is 3. The number of nitrogens with one attached hydrogen (secondary N) is 2. The van der Waals surface area contributed by atoms with Gasteiger partial charge in [-0.15, -0.1) is 0 Å². The van der Waals surface area contributed by atoms with Crippen molar-refractivity contribution in [3.8, 4) is 16.9 Å². The maximum Gasteiger partial charge on any atom is 0.348 e. The molecule has 0 bridgehead atoms. The van der Waals surface area contributed by atoms with Crippen LogP contribution in [0, 0.1) is 0 Å². The van der Waals surface area contributed by atoms with Crippen molar-refractivity contribution in [3.63, 3.8) is 0 Å². The van der Waals surface area contributed by atoms with Crippen LogP contribution in [0.1, 0.15) is 25.3 Å². The lowest BCUT2D eigenvalue weighted by Crippen LogP contribution is -2.43. The highest BCUT2D eigenvalue weighted by Crippen LogP contribution is 2.32. The van der Waals surface area contributed by atoms with Gasteiger partial charge in [0.1, 0.15) is 0 Å². The predicted molar refractivity (Wildman–Crippen MR) is 126 cm³/mol. The highest BCUT2D eigenvalue weighted by molar-refractivity contribution is 8.00. The highest BCUT2D eigenvalue weighted by atomic mass is 32.2. The maximum atomic E-state index is 13.1. The SMILES string of the molecule is C=S(C)(=O)Nn1c(=O)[nH]c2cc(C(C)C)c(-c3ccnn3-c3ccccc3)cc2c1=O. The molecule has 0 fully saturated rings. The van der Waals surface area contributed by atoms with Crippen molar-refractivity contribution in [2.24, 2.45) is 0 Å². The van der Waals surface area contributed by atoms with Crippen LogP contribution in [0.2, 0.25) is 0 Å². The van der Waals surface area contributed by atoms with E-state index in [1.807, 2.05) is 61.0 Å². The molecule has 2 aromatic carbocycles. The fraction of sp³-hybridized carbons (Fsp3) is 0.182. The molecule has 8 nitrogen and oxygen atoms in total. The summed E-state index contributed by atoms with van der Waals surface area (Å²) < 4.78 is 14.6. The van der Waals surface area contributed by atoms with E-state index < -0.39 is 21.0 Å². The minimum absolute atomic E-state index is 0.122. The smallest absolute Gasteiger partial charge is 0.305 e. The lowest BCUT2D eigenvalue weighted by atomic mass is 9.93. The molecule has 0 saturated carbocycles. The summed E-state index contributed by atoms with van der Waals surface area (Å²) in [6.07, 6.45) is 3.02. The molecule has 1 unspecified atom stereocenters. The molecule has 2 heterocycles. The van der Waals surface area contributed by atoms with Crippen molar-refractivity contribution < 1.29 is 4.21 Å².